The highest BCUT2D eigenvalue weighted by molar-refractivity contribution is 5.09. The van der Waals surface area contributed by atoms with Crippen LogP contribution in [0.25, 0.3) is 0 Å². The van der Waals surface area contributed by atoms with Crippen LogP contribution >= 0.6 is 0 Å². The number of hydrogen-bond acceptors (Lipinski definition) is 6. The predicted octanol–water partition coefficient (Wildman–Crippen LogP) is 4.28. The van der Waals surface area contributed by atoms with E-state index in [1.54, 1.807) is 0 Å². The molecule has 0 aromatic rings. The summed E-state index contributed by atoms with van der Waals surface area (Å²) in [5.74, 6) is 1.39. The number of piperidine rings is 4. The molecule has 2 saturated carbocycles. The molecule has 6 heterocycles. The Bertz CT molecular complexity index is 733. The molecular formula is C30H50N2O4. The van der Waals surface area contributed by atoms with Gasteiger partial charge in [0.25, 0.3) is 0 Å². The van der Waals surface area contributed by atoms with Crippen LogP contribution in [-0.2, 0) is 9.47 Å². The Kier molecular flexibility index (Phi) is 6.71. The summed E-state index contributed by atoms with van der Waals surface area (Å²) in [5, 5.41) is 19.7. The summed E-state index contributed by atoms with van der Waals surface area (Å²) in [7, 11) is 0. The molecule has 8 aliphatic rings. The van der Waals surface area contributed by atoms with E-state index >= 15 is 0 Å². The van der Waals surface area contributed by atoms with Gasteiger partial charge in [-0.3, -0.25) is 9.80 Å². The Balaban J connectivity index is 0.000000122. The Morgan fingerprint density at radius 2 is 1.00 bits per heavy atom. The molecule has 0 spiro atoms. The molecule has 4 bridgehead atoms. The van der Waals surface area contributed by atoms with Gasteiger partial charge in [-0.15, -0.1) is 0 Å². The molecule has 0 aromatic carbocycles. The maximum atomic E-state index is 9.86. The second-order valence-corrected chi connectivity index (χ2v) is 14.0. The highest BCUT2D eigenvalue weighted by Crippen LogP contribution is 2.56. The van der Waals surface area contributed by atoms with E-state index in [4.69, 9.17) is 9.47 Å². The van der Waals surface area contributed by atoms with Crippen LogP contribution in [0.5, 0.6) is 0 Å². The van der Waals surface area contributed by atoms with Crippen molar-refractivity contribution in [2.24, 2.45) is 22.7 Å². The van der Waals surface area contributed by atoms with E-state index in [2.05, 4.69) is 9.80 Å². The van der Waals surface area contributed by atoms with Crippen molar-refractivity contribution >= 4 is 0 Å². The molecule has 0 radical (unpaired) electrons. The topological polar surface area (TPSA) is 65.4 Å². The van der Waals surface area contributed by atoms with Gasteiger partial charge in [0.2, 0.25) is 0 Å². The minimum Gasteiger partial charge on any atom is -0.368 e. The molecule has 6 aliphatic heterocycles. The number of aliphatic hydroxyl groups is 2. The van der Waals surface area contributed by atoms with Gasteiger partial charge in [0, 0.05) is 47.8 Å². The summed E-state index contributed by atoms with van der Waals surface area (Å²) in [6.45, 7) is 5.09. The van der Waals surface area contributed by atoms with Gasteiger partial charge < -0.3 is 19.7 Å². The zero-order chi connectivity index (χ0) is 24.3. The molecule has 10 atom stereocenters. The van der Waals surface area contributed by atoms with E-state index in [0.717, 1.165) is 24.9 Å². The average Bonchev–Trinajstić information content (AvgIpc) is 2.88. The van der Waals surface area contributed by atoms with E-state index in [1.807, 2.05) is 0 Å². The van der Waals surface area contributed by atoms with E-state index < -0.39 is 12.6 Å². The summed E-state index contributed by atoms with van der Waals surface area (Å²) in [5.41, 5.74) is 0.770. The van der Waals surface area contributed by atoms with E-state index in [9.17, 15) is 10.2 Å². The van der Waals surface area contributed by atoms with Crippen molar-refractivity contribution in [2.75, 3.05) is 26.2 Å². The van der Waals surface area contributed by atoms with Crippen molar-refractivity contribution < 1.29 is 19.7 Å². The van der Waals surface area contributed by atoms with Crippen LogP contribution in [0, 0.1) is 22.7 Å². The second kappa shape index (κ2) is 9.75. The molecule has 0 amide bonds. The zero-order valence-electron chi connectivity index (χ0n) is 22.4. The molecule has 204 valence electrons. The third kappa shape index (κ3) is 4.12. The van der Waals surface area contributed by atoms with Crippen molar-refractivity contribution in [1.82, 2.24) is 9.80 Å². The number of ether oxygens (including phenoxy) is 2. The highest BCUT2D eigenvalue weighted by Gasteiger charge is 2.58. The van der Waals surface area contributed by atoms with Gasteiger partial charge >= 0.3 is 0 Å². The number of aliphatic hydroxyl groups excluding tert-OH is 2. The average molecular weight is 503 g/mol. The summed E-state index contributed by atoms with van der Waals surface area (Å²) in [6.07, 6.45) is 20.1. The molecule has 6 saturated heterocycles. The Hall–Kier alpha value is -0.240. The molecular weight excluding hydrogens is 452 g/mol. The normalized spacial score (nSPS) is 52.5. The van der Waals surface area contributed by atoms with Crippen molar-refractivity contribution in [2.45, 2.75) is 140 Å². The molecule has 6 heteroatoms. The maximum absolute atomic E-state index is 9.86. The van der Waals surface area contributed by atoms with Crippen molar-refractivity contribution in [3.63, 3.8) is 0 Å². The number of rotatable bonds is 0. The van der Waals surface area contributed by atoms with Crippen LogP contribution in [0.4, 0.5) is 0 Å². The largest absolute Gasteiger partial charge is 0.368 e. The fraction of sp³-hybridized carbons (Fsp3) is 1.00. The van der Waals surface area contributed by atoms with Crippen LogP contribution < -0.4 is 0 Å². The van der Waals surface area contributed by atoms with Gasteiger partial charge in [-0.2, -0.15) is 0 Å². The first kappa shape index (κ1) is 24.8. The zero-order valence-corrected chi connectivity index (χ0v) is 22.4. The van der Waals surface area contributed by atoms with Crippen LogP contribution in [0.15, 0.2) is 0 Å². The highest BCUT2D eigenvalue weighted by atomic mass is 16.6. The van der Waals surface area contributed by atoms with Crippen LogP contribution in [0.1, 0.15) is 103 Å². The van der Waals surface area contributed by atoms with E-state index in [1.165, 1.54) is 116 Å². The number of hydrogen-bond donors (Lipinski definition) is 2. The summed E-state index contributed by atoms with van der Waals surface area (Å²) >= 11 is 0. The first-order valence-electron chi connectivity index (χ1n) is 15.7. The number of nitrogens with zero attached hydrogens (tertiary/aromatic N) is 2. The Morgan fingerprint density at radius 1 is 0.528 bits per heavy atom. The number of fused-ring (bicyclic) bond motifs is 4. The lowest BCUT2D eigenvalue weighted by Crippen LogP contribution is -2.66. The first-order chi connectivity index (χ1) is 17.6. The minimum absolute atomic E-state index is 0.356. The van der Waals surface area contributed by atoms with Crippen LogP contribution in [-0.4, -0.2) is 83.1 Å². The van der Waals surface area contributed by atoms with Gasteiger partial charge in [-0.25, -0.2) is 0 Å². The molecule has 0 unspecified atom stereocenters. The standard InChI is InChI=1S/2C15H25NO2/c2*17-13-6-8-15-7-3-4-11(14(15)18-13)12-5-1-2-9-16(12)10-15/h2*11-14,17H,1-10H2/t11-,12-,13+,14+,15+;11-,12-,13-,14+,15+/m11/s1. The van der Waals surface area contributed by atoms with Crippen LogP contribution in [0.3, 0.4) is 0 Å². The van der Waals surface area contributed by atoms with E-state index in [-0.39, 0.29) is 0 Å². The summed E-state index contributed by atoms with van der Waals surface area (Å²) < 4.78 is 12.1. The fourth-order valence-corrected chi connectivity index (χ4v) is 10.7. The molecule has 36 heavy (non-hydrogen) atoms. The lowest BCUT2D eigenvalue weighted by molar-refractivity contribution is -0.269. The fourth-order valence-electron chi connectivity index (χ4n) is 10.7. The minimum atomic E-state index is -0.487. The van der Waals surface area contributed by atoms with Crippen LogP contribution in [0.2, 0.25) is 0 Å². The molecule has 2 aliphatic carbocycles. The third-order valence-electron chi connectivity index (χ3n) is 12.1. The monoisotopic (exact) mass is 502 g/mol. The quantitative estimate of drug-likeness (QED) is 0.516. The molecule has 8 fully saturated rings. The van der Waals surface area contributed by atoms with Gasteiger partial charge in [0.1, 0.15) is 0 Å². The summed E-state index contributed by atoms with van der Waals surface area (Å²) in [4.78, 5) is 5.54. The maximum Gasteiger partial charge on any atom is 0.154 e. The Morgan fingerprint density at radius 3 is 1.47 bits per heavy atom. The second-order valence-electron chi connectivity index (χ2n) is 14.0. The lowest BCUT2D eigenvalue weighted by Gasteiger charge is -2.61. The SMILES string of the molecule is O[C@@H]1CC[C@@]23CCC[C@H]([C@H]4CCCCN4C2)[C@@H]3O1.O[C@H]1CC[C@@]23CCC[C@H]([C@H]4CCCCN4C2)[C@@H]3O1. The molecule has 6 nitrogen and oxygen atoms in total. The van der Waals surface area contributed by atoms with Crippen molar-refractivity contribution in [1.29, 1.82) is 0 Å². The predicted molar refractivity (Wildman–Crippen MR) is 138 cm³/mol. The van der Waals surface area contributed by atoms with Gasteiger partial charge in [0.15, 0.2) is 12.6 Å². The molecule has 8 rings (SSSR count). The van der Waals surface area contributed by atoms with Gasteiger partial charge in [-0.05, 0) is 90.1 Å². The molecule has 2 N–H and O–H groups in total. The lowest BCUT2D eigenvalue weighted by atomic mass is 9.58. The van der Waals surface area contributed by atoms with E-state index in [0.29, 0.717) is 34.9 Å². The third-order valence-corrected chi connectivity index (χ3v) is 12.1. The van der Waals surface area contributed by atoms with Gasteiger partial charge in [0.05, 0.1) is 12.2 Å². The smallest absolute Gasteiger partial charge is 0.154 e. The summed E-state index contributed by atoms with van der Waals surface area (Å²) in [6, 6.07) is 1.50. The van der Waals surface area contributed by atoms with Crippen molar-refractivity contribution in [3.05, 3.63) is 0 Å². The van der Waals surface area contributed by atoms with Gasteiger partial charge in [-0.1, -0.05) is 25.7 Å². The molecule has 0 aromatic heterocycles. The van der Waals surface area contributed by atoms with Crippen molar-refractivity contribution in [3.8, 4) is 0 Å². The first-order valence-corrected chi connectivity index (χ1v) is 15.7. The Labute approximate surface area is 218 Å².